The summed E-state index contributed by atoms with van der Waals surface area (Å²) in [6, 6.07) is 3.89. The topological polar surface area (TPSA) is 60.8 Å². The third-order valence-corrected chi connectivity index (χ3v) is 2.96. The quantitative estimate of drug-likeness (QED) is 0.625. The molecule has 0 unspecified atom stereocenters. The van der Waals surface area contributed by atoms with Crippen LogP contribution in [0.2, 0.25) is 0 Å². The first-order valence-electron chi connectivity index (χ1n) is 5.86. The van der Waals surface area contributed by atoms with E-state index in [9.17, 15) is 15.0 Å². The highest BCUT2D eigenvalue weighted by atomic mass is 16.3. The molecule has 1 aliphatic carbocycles. The van der Waals surface area contributed by atoms with Crippen molar-refractivity contribution in [3.8, 4) is 23.8 Å². The van der Waals surface area contributed by atoms with Crippen molar-refractivity contribution in [1.82, 2.24) is 4.90 Å². The molecule has 4 nitrogen and oxygen atoms in total. The molecule has 0 saturated heterocycles. The molecule has 1 aliphatic rings. The van der Waals surface area contributed by atoms with E-state index in [0.29, 0.717) is 12.5 Å². The van der Waals surface area contributed by atoms with E-state index < -0.39 is 0 Å². The zero-order valence-electron chi connectivity index (χ0n) is 9.97. The average molecular weight is 245 g/mol. The molecule has 0 atom stereocenters. The Balaban J connectivity index is 2.20. The molecular formula is C14H15NO3. The lowest BCUT2D eigenvalue weighted by Crippen LogP contribution is -2.33. The molecule has 18 heavy (non-hydrogen) atoms. The minimum absolute atomic E-state index is 0.0526. The maximum atomic E-state index is 12.2. The number of hydrogen-bond acceptors (Lipinski definition) is 3. The molecule has 0 radical (unpaired) electrons. The minimum Gasteiger partial charge on any atom is -0.508 e. The van der Waals surface area contributed by atoms with Crippen LogP contribution < -0.4 is 0 Å². The Labute approximate surface area is 106 Å². The van der Waals surface area contributed by atoms with Gasteiger partial charge in [0.25, 0.3) is 5.91 Å². The molecule has 94 valence electrons. The number of aromatic hydroxyl groups is 2. The number of benzene rings is 1. The largest absolute Gasteiger partial charge is 0.508 e. The third-order valence-electron chi connectivity index (χ3n) is 2.96. The van der Waals surface area contributed by atoms with Gasteiger partial charge in [-0.15, -0.1) is 6.42 Å². The Hall–Kier alpha value is -2.15. The van der Waals surface area contributed by atoms with Gasteiger partial charge in [-0.3, -0.25) is 4.79 Å². The summed E-state index contributed by atoms with van der Waals surface area (Å²) in [5, 5.41) is 19.0. The molecule has 0 bridgehead atoms. The highest BCUT2D eigenvalue weighted by Crippen LogP contribution is 2.31. The van der Waals surface area contributed by atoms with Crippen LogP contribution in [0, 0.1) is 18.3 Å². The summed E-state index contributed by atoms with van der Waals surface area (Å²) in [6.07, 6.45) is 7.48. The first-order valence-corrected chi connectivity index (χ1v) is 5.86. The van der Waals surface area contributed by atoms with E-state index in [1.54, 1.807) is 0 Å². The monoisotopic (exact) mass is 245 g/mol. The Morgan fingerprint density at radius 3 is 2.78 bits per heavy atom. The molecular weight excluding hydrogens is 230 g/mol. The van der Waals surface area contributed by atoms with Gasteiger partial charge in [0.1, 0.15) is 11.5 Å². The molecule has 1 saturated carbocycles. The van der Waals surface area contributed by atoms with Gasteiger partial charge in [-0.2, -0.15) is 0 Å². The molecule has 2 rings (SSSR count). The number of hydrogen-bond donors (Lipinski definition) is 2. The smallest absolute Gasteiger partial charge is 0.258 e. The Morgan fingerprint density at radius 1 is 1.44 bits per heavy atom. The Morgan fingerprint density at radius 2 is 2.17 bits per heavy atom. The average Bonchev–Trinajstić information content (AvgIpc) is 3.15. The fraction of sp³-hybridized carbons (Fsp3) is 0.357. The summed E-state index contributed by atoms with van der Waals surface area (Å²) in [5.41, 5.74) is 0.0888. The van der Waals surface area contributed by atoms with Crippen molar-refractivity contribution in [2.75, 3.05) is 13.1 Å². The summed E-state index contributed by atoms with van der Waals surface area (Å²) in [6.45, 7) is 0.822. The zero-order chi connectivity index (χ0) is 13.1. The SMILES string of the molecule is C#CCN(CC1CC1)C(=O)c1cc(O)ccc1O. The fourth-order valence-electron chi connectivity index (χ4n) is 1.81. The van der Waals surface area contributed by atoms with Crippen LogP contribution in [0.25, 0.3) is 0 Å². The molecule has 0 aliphatic heterocycles. The lowest BCUT2D eigenvalue weighted by molar-refractivity contribution is 0.0766. The number of carbonyl (C=O) groups is 1. The number of amides is 1. The Kier molecular flexibility index (Phi) is 3.42. The standard InChI is InChI=1S/C14H15NO3/c1-2-7-15(9-10-3-4-10)14(18)12-8-11(16)5-6-13(12)17/h1,5-6,8,10,16-17H,3-4,7,9H2. The number of rotatable bonds is 4. The predicted molar refractivity (Wildman–Crippen MR) is 67.2 cm³/mol. The van der Waals surface area contributed by atoms with Gasteiger partial charge >= 0.3 is 0 Å². The van der Waals surface area contributed by atoms with Crippen molar-refractivity contribution in [1.29, 1.82) is 0 Å². The van der Waals surface area contributed by atoms with E-state index in [0.717, 1.165) is 12.8 Å². The molecule has 0 heterocycles. The number of phenols is 2. The summed E-state index contributed by atoms with van der Waals surface area (Å²) in [4.78, 5) is 13.8. The number of nitrogens with zero attached hydrogens (tertiary/aromatic N) is 1. The van der Waals surface area contributed by atoms with Crippen LogP contribution in [0.5, 0.6) is 11.5 Å². The molecule has 0 spiro atoms. The van der Waals surface area contributed by atoms with E-state index in [4.69, 9.17) is 6.42 Å². The zero-order valence-corrected chi connectivity index (χ0v) is 9.97. The van der Waals surface area contributed by atoms with Crippen LogP contribution in [0.15, 0.2) is 18.2 Å². The lowest BCUT2D eigenvalue weighted by Gasteiger charge is -2.20. The summed E-state index contributed by atoms with van der Waals surface area (Å²) < 4.78 is 0. The van der Waals surface area contributed by atoms with Crippen LogP contribution >= 0.6 is 0 Å². The van der Waals surface area contributed by atoms with Crippen molar-refractivity contribution in [3.63, 3.8) is 0 Å². The number of terminal acetylenes is 1. The van der Waals surface area contributed by atoms with Gasteiger partial charge in [-0.1, -0.05) is 5.92 Å². The van der Waals surface area contributed by atoms with Crippen LogP contribution in [-0.4, -0.2) is 34.1 Å². The van der Waals surface area contributed by atoms with Gasteiger partial charge in [0.05, 0.1) is 12.1 Å². The van der Waals surface area contributed by atoms with E-state index in [1.807, 2.05) is 0 Å². The van der Waals surface area contributed by atoms with Gasteiger partial charge in [0.2, 0.25) is 0 Å². The van der Waals surface area contributed by atoms with Gasteiger partial charge in [-0.05, 0) is 37.0 Å². The van der Waals surface area contributed by atoms with Crippen LogP contribution in [0.4, 0.5) is 0 Å². The van der Waals surface area contributed by atoms with Gasteiger partial charge in [0.15, 0.2) is 0 Å². The van der Waals surface area contributed by atoms with Crippen molar-refractivity contribution in [3.05, 3.63) is 23.8 Å². The second-order valence-electron chi connectivity index (χ2n) is 4.53. The molecule has 1 aromatic carbocycles. The molecule has 4 heteroatoms. The van der Waals surface area contributed by atoms with Gasteiger partial charge < -0.3 is 15.1 Å². The lowest BCUT2D eigenvalue weighted by atomic mass is 10.1. The molecule has 2 N–H and O–H groups in total. The summed E-state index contributed by atoms with van der Waals surface area (Å²) in [7, 11) is 0. The number of phenolic OH excluding ortho intramolecular Hbond substituents is 2. The molecule has 1 amide bonds. The summed E-state index contributed by atoms with van der Waals surface area (Å²) in [5.74, 6) is 2.43. The summed E-state index contributed by atoms with van der Waals surface area (Å²) >= 11 is 0. The van der Waals surface area contributed by atoms with Crippen LogP contribution in [0.1, 0.15) is 23.2 Å². The van der Waals surface area contributed by atoms with Crippen molar-refractivity contribution in [2.45, 2.75) is 12.8 Å². The van der Waals surface area contributed by atoms with Crippen molar-refractivity contribution in [2.24, 2.45) is 5.92 Å². The number of carbonyl (C=O) groups excluding carboxylic acids is 1. The van der Waals surface area contributed by atoms with Gasteiger partial charge in [0, 0.05) is 6.54 Å². The van der Waals surface area contributed by atoms with E-state index in [1.165, 1.54) is 23.1 Å². The molecule has 0 aromatic heterocycles. The second-order valence-corrected chi connectivity index (χ2v) is 4.53. The minimum atomic E-state index is -0.340. The fourth-order valence-corrected chi connectivity index (χ4v) is 1.81. The van der Waals surface area contributed by atoms with E-state index in [2.05, 4.69) is 5.92 Å². The maximum absolute atomic E-state index is 12.2. The normalized spacial score (nSPS) is 13.9. The van der Waals surface area contributed by atoms with Gasteiger partial charge in [-0.25, -0.2) is 0 Å². The first kappa shape index (κ1) is 12.3. The highest BCUT2D eigenvalue weighted by molar-refractivity contribution is 5.97. The molecule has 1 aromatic rings. The third kappa shape index (κ3) is 2.75. The van der Waals surface area contributed by atoms with Crippen molar-refractivity contribution < 1.29 is 15.0 Å². The second kappa shape index (κ2) is 5.01. The highest BCUT2D eigenvalue weighted by Gasteiger charge is 2.27. The maximum Gasteiger partial charge on any atom is 0.258 e. The van der Waals surface area contributed by atoms with Crippen LogP contribution in [-0.2, 0) is 0 Å². The van der Waals surface area contributed by atoms with Crippen molar-refractivity contribution >= 4 is 5.91 Å². The van der Waals surface area contributed by atoms with E-state index >= 15 is 0 Å². The van der Waals surface area contributed by atoms with Crippen LogP contribution in [0.3, 0.4) is 0 Å². The first-order chi connectivity index (χ1) is 8.61. The molecule has 1 fully saturated rings. The van der Waals surface area contributed by atoms with E-state index in [-0.39, 0.29) is 29.5 Å². The predicted octanol–water partition coefficient (Wildman–Crippen LogP) is 1.58. The Bertz CT molecular complexity index is 500.